The summed E-state index contributed by atoms with van der Waals surface area (Å²) in [6, 6.07) is 11.1. The zero-order valence-electron chi connectivity index (χ0n) is 14.6. The number of benzene rings is 2. The Morgan fingerprint density at radius 3 is 2.74 bits per heavy atom. The molecule has 1 aliphatic rings. The van der Waals surface area contributed by atoms with Crippen molar-refractivity contribution >= 4 is 54.2 Å². The van der Waals surface area contributed by atoms with Crippen LogP contribution in [0.5, 0.6) is 5.75 Å². The molecule has 0 bridgehead atoms. The van der Waals surface area contributed by atoms with Crippen LogP contribution in [0.25, 0.3) is 20.4 Å². The molecule has 0 unspecified atom stereocenters. The van der Waals surface area contributed by atoms with E-state index in [1.54, 1.807) is 22.9 Å². The van der Waals surface area contributed by atoms with Gasteiger partial charge >= 0.3 is 5.97 Å². The van der Waals surface area contributed by atoms with Gasteiger partial charge in [0.05, 0.1) is 31.5 Å². The predicted molar refractivity (Wildman–Crippen MR) is 110 cm³/mol. The molecule has 7 heteroatoms. The Kier molecular flexibility index (Phi) is 4.26. The second-order valence-electron chi connectivity index (χ2n) is 6.60. The molecule has 136 valence electrons. The van der Waals surface area contributed by atoms with Gasteiger partial charge in [0.15, 0.2) is 5.13 Å². The van der Waals surface area contributed by atoms with E-state index < -0.39 is 0 Å². The maximum atomic E-state index is 12.5. The summed E-state index contributed by atoms with van der Waals surface area (Å²) in [7, 11) is 0. The van der Waals surface area contributed by atoms with Crippen molar-refractivity contribution in [3.63, 3.8) is 0 Å². The standard InChI is InChI=1S/C20H17N3O2S2/c24-19(13-4-6-15-17(10-13)26-12-21-15)25-14-5-7-16-18(11-14)27-20(22-16)23-8-2-1-3-9-23/h4-7,10-12H,1-3,8-9H2. The van der Waals surface area contributed by atoms with Crippen LogP contribution in [0.15, 0.2) is 41.9 Å². The number of carbonyl (C=O) groups excluding carboxylic acids is 1. The summed E-state index contributed by atoms with van der Waals surface area (Å²) in [5.41, 5.74) is 4.15. The Bertz CT molecular complexity index is 1130. The number of carbonyl (C=O) groups is 1. The minimum absolute atomic E-state index is 0.356. The van der Waals surface area contributed by atoms with Gasteiger partial charge in [-0.15, -0.1) is 11.3 Å². The molecule has 0 saturated carbocycles. The molecule has 0 aliphatic carbocycles. The molecule has 1 aliphatic heterocycles. The van der Waals surface area contributed by atoms with Crippen molar-refractivity contribution in [3.8, 4) is 5.75 Å². The summed E-state index contributed by atoms with van der Waals surface area (Å²) in [5.74, 6) is 0.191. The molecule has 4 aromatic rings. The molecule has 2 aromatic heterocycles. The van der Waals surface area contributed by atoms with Gasteiger partial charge in [0.2, 0.25) is 0 Å². The molecule has 0 N–H and O–H groups in total. The third-order valence-electron chi connectivity index (χ3n) is 4.75. The first-order valence-electron chi connectivity index (χ1n) is 8.97. The van der Waals surface area contributed by atoms with Crippen molar-refractivity contribution in [2.45, 2.75) is 19.3 Å². The van der Waals surface area contributed by atoms with Crippen LogP contribution in [0.3, 0.4) is 0 Å². The van der Waals surface area contributed by atoms with E-state index in [0.29, 0.717) is 11.3 Å². The Labute approximate surface area is 164 Å². The highest BCUT2D eigenvalue weighted by Crippen LogP contribution is 2.33. The lowest BCUT2D eigenvalue weighted by molar-refractivity contribution is 0.0735. The van der Waals surface area contributed by atoms with E-state index in [2.05, 4.69) is 9.88 Å². The van der Waals surface area contributed by atoms with Crippen LogP contribution >= 0.6 is 22.7 Å². The summed E-state index contributed by atoms with van der Waals surface area (Å²) < 4.78 is 7.62. The third-order valence-corrected chi connectivity index (χ3v) is 6.62. The number of aromatic nitrogens is 2. The van der Waals surface area contributed by atoms with Crippen LogP contribution in [0.2, 0.25) is 0 Å². The number of hydrogen-bond acceptors (Lipinski definition) is 7. The molecule has 2 aromatic carbocycles. The molecular formula is C20H17N3O2S2. The first-order chi connectivity index (χ1) is 13.3. The minimum atomic E-state index is -0.356. The van der Waals surface area contributed by atoms with E-state index in [9.17, 15) is 4.79 Å². The Hall–Kier alpha value is -2.51. The summed E-state index contributed by atoms with van der Waals surface area (Å²) in [6.07, 6.45) is 3.75. The van der Waals surface area contributed by atoms with E-state index in [-0.39, 0.29) is 5.97 Å². The van der Waals surface area contributed by atoms with E-state index in [0.717, 1.165) is 38.7 Å². The Morgan fingerprint density at radius 1 is 1.00 bits per heavy atom. The molecule has 3 heterocycles. The molecule has 27 heavy (non-hydrogen) atoms. The van der Waals surface area contributed by atoms with E-state index >= 15 is 0 Å². The lowest BCUT2D eigenvalue weighted by atomic mass is 10.1. The molecule has 0 atom stereocenters. The fourth-order valence-electron chi connectivity index (χ4n) is 3.32. The topological polar surface area (TPSA) is 55.3 Å². The maximum Gasteiger partial charge on any atom is 0.343 e. The second-order valence-corrected chi connectivity index (χ2v) is 8.49. The van der Waals surface area contributed by atoms with E-state index in [1.165, 1.54) is 30.6 Å². The number of hydrogen-bond donors (Lipinski definition) is 0. The number of piperidine rings is 1. The molecule has 1 saturated heterocycles. The highest BCUT2D eigenvalue weighted by molar-refractivity contribution is 7.22. The lowest BCUT2D eigenvalue weighted by Crippen LogP contribution is -2.29. The first kappa shape index (κ1) is 16.6. The predicted octanol–water partition coefficient (Wildman–Crippen LogP) is 5.12. The zero-order chi connectivity index (χ0) is 18.2. The summed E-state index contributed by atoms with van der Waals surface area (Å²) in [4.78, 5) is 23.8. The Balaban J connectivity index is 1.38. The van der Waals surface area contributed by atoms with Crippen LogP contribution < -0.4 is 9.64 Å². The minimum Gasteiger partial charge on any atom is -0.423 e. The average Bonchev–Trinajstić information content (AvgIpc) is 3.34. The lowest BCUT2D eigenvalue weighted by Gasteiger charge is -2.25. The number of rotatable bonds is 3. The van der Waals surface area contributed by atoms with Crippen molar-refractivity contribution < 1.29 is 9.53 Å². The fraction of sp³-hybridized carbons (Fsp3) is 0.250. The molecule has 0 amide bonds. The van der Waals surface area contributed by atoms with Gasteiger partial charge in [-0.25, -0.2) is 14.8 Å². The molecular weight excluding hydrogens is 378 g/mol. The molecule has 0 radical (unpaired) electrons. The van der Waals surface area contributed by atoms with Gasteiger partial charge in [-0.1, -0.05) is 11.3 Å². The molecule has 5 nitrogen and oxygen atoms in total. The normalized spacial score (nSPS) is 14.7. The van der Waals surface area contributed by atoms with Crippen LogP contribution in [-0.4, -0.2) is 29.0 Å². The monoisotopic (exact) mass is 395 g/mol. The average molecular weight is 396 g/mol. The number of nitrogens with zero attached hydrogens (tertiary/aromatic N) is 3. The number of ether oxygens (including phenoxy) is 1. The van der Waals surface area contributed by atoms with Gasteiger partial charge in [0.25, 0.3) is 0 Å². The van der Waals surface area contributed by atoms with Crippen LogP contribution in [0, 0.1) is 0 Å². The molecule has 5 rings (SSSR count). The van der Waals surface area contributed by atoms with Gasteiger partial charge in [-0.05, 0) is 49.6 Å². The SMILES string of the molecule is O=C(Oc1ccc2nc(N3CCCCC3)sc2c1)c1ccc2ncsc2c1. The maximum absolute atomic E-state index is 12.5. The summed E-state index contributed by atoms with van der Waals surface area (Å²) in [6.45, 7) is 2.14. The first-order valence-corrected chi connectivity index (χ1v) is 10.7. The Morgan fingerprint density at radius 2 is 1.85 bits per heavy atom. The largest absolute Gasteiger partial charge is 0.423 e. The van der Waals surface area contributed by atoms with E-state index in [1.807, 2.05) is 30.3 Å². The zero-order valence-corrected chi connectivity index (χ0v) is 16.2. The van der Waals surface area contributed by atoms with Gasteiger partial charge in [0.1, 0.15) is 5.75 Å². The third kappa shape index (κ3) is 3.28. The molecule has 1 fully saturated rings. The van der Waals surface area contributed by atoms with Gasteiger partial charge in [-0.3, -0.25) is 0 Å². The van der Waals surface area contributed by atoms with Gasteiger partial charge in [0, 0.05) is 19.2 Å². The second kappa shape index (κ2) is 6.90. The summed E-state index contributed by atoms with van der Waals surface area (Å²) >= 11 is 3.17. The highest BCUT2D eigenvalue weighted by atomic mass is 32.1. The number of anilines is 1. The van der Waals surface area contributed by atoms with Crippen LogP contribution in [0.4, 0.5) is 5.13 Å². The number of fused-ring (bicyclic) bond motifs is 2. The number of thiazole rings is 2. The summed E-state index contributed by atoms with van der Waals surface area (Å²) in [5, 5.41) is 1.06. The van der Waals surface area contributed by atoms with Crippen molar-refractivity contribution in [1.29, 1.82) is 0 Å². The van der Waals surface area contributed by atoms with Gasteiger partial charge in [-0.2, -0.15) is 0 Å². The molecule has 0 spiro atoms. The van der Waals surface area contributed by atoms with E-state index in [4.69, 9.17) is 9.72 Å². The van der Waals surface area contributed by atoms with Crippen molar-refractivity contribution in [2.24, 2.45) is 0 Å². The highest BCUT2D eigenvalue weighted by Gasteiger charge is 2.16. The van der Waals surface area contributed by atoms with Gasteiger partial charge < -0.3 is 9.64 Å². The number of esters is 1. The van der Waals surface area contributed by atoms with Crippen molar-refractivity contribution in [2.75, 3.05) is 18.0 Å². The smallest absolute Gasteiger partial charge is 0.343 e. The van der Waals surface area contributed by atoms with Crippen molar-refractivity contribution in [1.82, 2.24) is 9.97 Å². The fourth-order valence-corrected chi connectivity index (χ4v) is 5.09. The van der Waals surface area contributed by atoms with Crippen LogP contribution in [-0.2, 0) is 0 Å². The van der Waals surface area contributed by atoms with Crippen molar-refractivity contribution in [3.05, 3.63) is 47.5 Å². The quantitative estimate of drug-likeness (QED) is 0.356. The van der Waals surface area contributed by atoms with Crippen LogP contribution in [0.1, 0.15) is 29.6 Å².